The van der Waals surface area contributed by atoms with Crippen LogP contribution in [0.25, 0.3) is 5.69 Å². The van der Waals surface area contributed by atoms with Gasteiger partial charge in [-0.2, -0.15) is 10.1 Å². The number of nitrogens with one attached hydrogen (secondary N) is 1. The molecule has 1 aliphatic heterocycles. The number of benzene rings is 2. The van der Waals surface area contributed by atoms with E-state index in [4.69, 9.17) is 9.84 Å². The Hall–Kier alpha value is -2.08. The molecule has 2 aromatic carbocycles. The Morgan fingerprint density at radius 3 is 2.02 bits per heavy atom. The first-order valence-electron chi connectivity index (χ1n) is 13.6. The number of H-pyrrole nitrogens is 1. The van der Waals surface area contributed by atoms with E-state index in [0.717, 1.165) is 46.1 Å². The third kappa shape index (κ3) is 10.5. The maximum absolute atomic E-state index is 13.3. The number of amides is 1. The van der Waals surface area contributed by atoms with Gasteiger partial charge in [-0.25, -0.2) is 26.3 Å². The van der Waals surface area contributed by atoms with Crippen molar-refractivity contribution in [1.82, 2.24) is 9.78 Å². The number of aromatic nitrogens is 2. The fourth-order valence-corrected chi connectivity index (χ4v) is 5.50. The standard InChI is InChI=1S/C29H26N4O12S2.2K/c1-2-45-29(38)26-23(28(37)33(31-26)19-10-14-21(15-11-19)47(42,43)44)7-5-3-4-6-22-25(24(35)16-17-34)30-32(27(22)36)18-8-12-20(13-9-18)46(39,40)41;;/h3-4,8-15,22,31,34H,2,5-7H2,1H3,(H,39,40,41)(H,42,43,44);;/q;2*+1/p-2. The summed E-state index contributed by atoms with van der Waals surface area (Å²) in [5, 5.41) is 16.4. The average molecular weight is 763 g/mol. The number of esters is 1. The summed E-state index contributed by atoms with van der Waals surface area (Å²) in [7, 11) is -9.47. The first kappa shape index (κ1) is 43.1. The fourth-order valence-electron chi connectivity index (χ4n) is 4.56. The summed E-state index contributed by atoms with van der Waals surface area (Å²) in [5.41, 5.74) is -0.835. The molecule has 1 atom stereocenters. The van der Waals surface area contributed by atoms with Gasteiger partial charge < -0.3 is 18.9 Å². The smallest absolute Gasteiger partial charge is 0.744 e. The Morgan fingerprint density at radius 2 is 1.51 bits per heavy atom. The number of nitrogens with zero attached hydrogens (tertiary/aromatic N) is 3. The van der Waals surface area contributed by atoms with Gasteiger partial charge in [0.15, 0.2) is 0 Å². The molecule has 0 saturated heterocycles. The third-order valence-corrected chi connectivity index (χ3v) is 8.46. The number of carbonyl (C=O) groups excluding carboxylic acids is 3. The monoisotopic (exact) mass is 762 g/mol. The quantitative estimate of drug-likeness (QED) is 0.0579. The van der Waals surface area contributed by atoms with Crippen molar-refractivity contribution < 1.29 is 153 Å². The van der Waals surface area contributed by atoms with Crippen LogP contribution in [0.1, 0.15) is 35.8 Å². The van der Waals surface area contributed by atoms with E-state index >= 15 is 0 Å². The van der Waals surface area contributed by atoms with Crippen LogP contribution in [0.2, 0.25) is 0 Å². The van der Waals surface area contributed by atoms with Gasteiger partial charge in [-0.3, -0.25) is 19.5 Å². The molecule has 2 heterocycles. The van der Waals surface area contributed by atoms with E-state index in [1.165, 1.54) is 24.3 Å². The molecule has 2 N–H and O–H groups in total. The summed E-state index contributed by atoms with van der Waals surface area (Å²) in [5.74, 6) is -1.68. The maximum Gasteiger partial charge on any atom is 1.00 e. The molecule has 0 fully saturated rings. The zero-order valence-corrected chi connectivity index (χ0v) is 34.2. The van der Waals surface area contributed by atoms with Gasteiger partial charge in [0, 0.05) is 5.92 Å². The molecule has 0 aliphatic carbocycles. The van der Waals surface area contributed by atoms with Gasteiger partial charge in [-0.15, -0.1) is 0 Å². The number of allylic oxidation sites excluding steroid dienone is 2. The molecule has 246 valence electrons. The van der Waals surface area contributed by atoms with E-state index in [1.54, 1.807) is 13.0 Å². The summed E-state index contributed by atoms with van der Waals surface area (Å²) in [6.07, 6.45) is 4.69. The zero-order chi connectivity index (χ0) is 34.5. The normalized spacial score (nSPS) is 14.3. The van der Waals surface area contributed by atoms with Crippen molar-refractivity contribution >= 4 is 49.3 Å². The minimum atomic E-state index is -4.75. The molecule has 49 heavy (non-hydrogen) atoms. The number of Topliss-reactive ketones (excluding diaryl/α,β-unsaturated/α-hetero) is 1. The molecule has 1 aliphatic rings. The molecule has 16 nitrogen and oxygen atoms in total. The summed E-state index contributed by atoms with van der Waals surface area (Å²) in [6, 6.07) is 8.75. The summed E-state index contributed by atoms with van der Waals surface area (Å²) in [4.78, 5) is 50.5. The SMILES string of the molecule is CCOC(=O)c1[nH]n(-c2ccc(S(=O)(=O)[O-])cc2)c(=O)c1CCC=CCC1C(=O)N(c2ccc(S(=O)(=O)[O-])cc2)N=C1C(=O)C#CO.[K+].[K+]. The van der Waals surface area contributed by atoms with Crippen LogP contribution in [-0.2, 0) is 41.0 Å². The van der Waals surface area contributed by atoms with Gasteiger partial charge in [0.05, 0.1) is 39.3 Å². The van der Waals surface area contributed by atoms with Crippen LogP contribution < -0.4 is 113 Å². The third-order valence-electron chi connectivity index (χ3n) is 6.77. The van der Waals surface area contributed by atoms with Gasteiger partial charge >= 0.3 is 109 Å². The number of aliphatic hydroxyl groups excluding tert-OH is 1. The Kier molecular flexibility index (Phi) is 16.2. The number of carbonyl (C=O) groups is 3. The van der Waals surface area contributed by atoms with Gasteiger partial charge in [0.2, 0.25) is 0 Å². The van der Waals surface area contributed by atoms with Crippen LogP contribution in [0.3, 0.4) is 0 Å². The van der Waals surface area contributed by atoms with E-state index in [9.17, 15) is 45.1 Å². The number of anilines is 1. The molecule has 20 heteroatoms. The zero-order valence-electron chi connectivity index (χ0n) is 26.3. The number of hydrogen-bond donors (Lipinski definition) is 2. The molecule has 0 radical (unpaired) electrons. The Labute approximate surface area is 365 Å². The van der Waals surface area contributed by atoms with Crippen molar-refractivity contribution in [3.63, 3.8) is 0 Å². The van der Waals surface area contributed by atoms with E-state index < -0.39 is 59.2 Å². The number of ketones is 1. The molecule has 0 spiro atoms. The minimum Gasteiger partial charge on any atom is -0.744 e. The van der Waals surface area contributed by atoms with Crippen LogP contribution in [0.15, 0.2) is 80.4 Å². The van der Waals surface area contributed by atoms with Gasteiger partial charge in [-0.05, 0) is 74.7 Å². The topological polar surface area (TPSA) is 248 Å². The molecule has 4 rings (SSSR count). The van der Waals surface area contributed by atoms with Crippen LogP contribution in [0.5, 0.6) is 0 Å². The van der Waals surface area contributed by atoms with Crippen molar-refractivity contribution in [2.24, 2.45) is 11.0 Å². The van der Waals surface area contributed by atoms with Crippen molar-refractivity contribution in [3.05, 3.63) is 82.3 Å². The Balaban J connectivity index is 0.00000417. The van der Waals surface area contributed by atoms with Crippen molar-refractivity contribution in [2.45, 2.75) is 36.0 Å². The first-order chi connectivity index (χ1) is 22.2. The Morgan fingerprint density at radius 1 is 0.959 bits per heavy atom. The second-order valence-corrected chi connectivity index (χ2v) is 12.5. The number of hydrazone groups is 1. The van der Waals surface area contributed by atoms with Crippen molar-refractivity contribution in [3.8, 4) is 17.7 Å². The molecule has 3 aromatic rings. The number of hydrogen-bond acceptors (Lipinski definition) is 13. The van der Waals surface area contributed by atoms with Crippen molar-refractivity contribution in [1.29, 1.82) is 0 Å². The number of aromatic amines is 1. The maximum atomic E-state index is 13.3. The van der Waals surface area contributed by atoms with E-state index in [0.29, 0.717) is 0 Å². The predicted molar refractivity (Wildman–Crippen MR) is 160 cm³/mol. The van der Waals surface area contributed by atoms with Gasteiger partial charge in [0.1, 0.15) is 37.7 Å². The molecule has 1 aromatic heterocycles. The van der Waals surface area contributed by atoms with Crippen molar-refractivity contribution in [2.75, 3.05) is 11.6 Å². The summed E-state index contributed by atoms with van der Waals surface area (Å²) in [6.45, 7) is 1.59. The second-order valence-electron chi connectivity index (χ2n) is 9.72. The van der Waals surface area contributed by atoms with E-state index in [1.807, 2.05) is 5.92 Å². The first-order valence-corrected chi connectivity index (χ1v) is 16.4. The second kappa shape index (κ2) is 18.4. The molecule has 1 amide bonds. The van der Waals surface area contributed by atoms with Crippen LogP contribution in [-0.4, -0.2) is 70.8 Å². The summed E-state index contributed by atoms with van der Waals surface area (Å²) < 4.78 is 73.5. The van der Waals surface area contributed by atoms with Gasteiger partial charge in [0.25, 0.3) is 17.2 Å². The van der Waals surface area contributed by atoms with Crippen LogP contribution in [0, 0.1) is 17.9 Å². The van der Waals surface area contributed by atoms with Crippen LogP contribution in [0.4, 0.5) is 5.69 Å². The molecule has 1 unspecified atom stereocenters. The number of ether oxygens (including phenoxy) is 1. The fraction of sp³-hybridized carbons (Fsp3) is 0.207. The summed E-state index contributed by atoms with van der Waals surface area (Å²) >= 11 is 0. The molecular formula is C29H24K2N4O12S2. The molecule has 0 saturated carbocycles. The van der Waals surface area contributed by atoms with E-state index in [-0.39, 0.29) is 157 Å². The largest absolute Gasteiger partial charge is 1.00 e. The van der Waals surface area contributed by atoms with E-state index in [2.05, 4.69) is 10.2 Å². The predicted octanol–water partition coefficient (Wildman–Crippen LogP) is -5.04. The Bertz CT molecular complexity index is 2130. The number of aliphatic hydroxyl groups is 1. The molecule has 0 bridgehead atoms. The minimum absolute atomic E-state index is 0. The molecular weight excluding hydrogens is 739 g/mol. The van der Waals surface area contributed by atoms with Gasteiger partial charge in [-0.1, -0.05) is 12.2 Å². The number of rotatable bonds is 12. The average Bonchev–Trinajstić information content (AvgIpc) is 3.52. The van der Waals surface area contributed by atoms with Crippen LogP contribution >= 0.6 is 0 Å².